The third-order valence-corrected chi connectivity index (χ3v) is 1.97. The molecular weight excluding hydrogens is 243 g/mol. The van der Waals surface area contributed by atoms with Crippen LogP contribution in [0.15, 0.2) is 4.40 Å². The third-order valence-electron chi connectivity index (χ3n) is 1.47. The first-order chi connectivity index (χ1) is 6.42. The Morgan fingerprint density at radius 3 is 1.73 bits per heavy atom. The van der Waals surface area contributed by atoms with Gasteiger partial charge in [0.15, 0.2) is 0 Å². The minimum atomic E-state index is -9.81. The summed E-state index contributed by atoms with van der Waals surface area (Å²) >= 11 is 0. The van der Waals surface area contributed by atoms with E-state index in [1.807, 2.05) is 0 Å². The molecule has 0 unspecified atom stereocenters. The number of methoxy groups -OCH3 is 1. The Bertz CT molecular complexity index is 256. The van der Waals surface area contributed by atoms with Crippen molar-refractivity contribution in [2.75, 3.05) is 20.2 Å². The Labute approximate surface area is 84.8 Å². The van der Waals surface area contributed by atoms with Crippen molar-refractivity contribution >= 4 is 16.4 Å². The molecule has 0 heterocycles. The van der Waals surface area contributed by atoms with E-state index in [1.54, 1.807) is 0 Å². The van der Waals surface area contributed by atoms with Crippen molar-refractivity contribution in [1.82, 2.24) is 4.90 Å². The Balaban J connectivity index is 5.25. The van der Waals surface area contributed by atoms with E-state index in [9.17, 15) is 19.4 Å². The molecule has 0 aromatic rings. The molecular formula is C6H13F5N2OS. The predicted molar refractivity (Wildman–Crippen MR) is 50.5 cm³/mol. The minimum absolute atomic E-state index is 0.0943. The van der Waals surface area contributed by atoms with Crippen LogP contribution in [0.5, 0.6) is 0 Å². The van der Waals surface area contributed by atoms with Crippen molar-refractivity contribution in [3.63, 3.8) is 0 Å². The molecule has 0 fully saturated rings. The van der Waals surface area contributed by atoms with Crippen molar-refractivity contribution < 1.29 is 24.2 Å². The zero-order valence-electron chi connectivity index (χ0n) is 8.51. The molecule has 0 saturated carbocycles. The van der Waals surface area contributed by atoms with Crippen molar-refractivity contribution in [2.24, 2.45) is 4.40 Å². The first-order valence-corrected chi connectivity index (χ1v) is 5.97. The Hall–Kier alpha value is -0.730. The average molecular weight is 256 g/mol. The van der Waals surface area contributed by atoms with Gasteiger partial charge < -0.3 is 9.64 Å². The second-order valence-corrected chi connectivity index (χ2v) is 4.72. The fourth-order valence-electron chi connectivity index (χ4n) is 0.866. The highest BCUT2D eigenvalue weighted by Crippen LogP contribution is 2.99. The van der Waals surface area contributed by atoms with Crippen LogP contribution in [-0.2, 0) is 4.74 Å². The molecule has 0 bridgehead atoms. The fourth-order valence-corrected chi connectivity index (χ4v) is 1.35. The lowest BCUT2D eigenvalue weighted by Crippen LogP contribution is -2.33. The van der Waals surface area contributed by atoms with E-state index < -0.39 is 16.4 Å². The second-order valence-electron chi connectivity index (χ2n) is 2.68. The van der Waals surface area contributed by atoms with Crippen LogP contribution < -0.4 is 0 Å². The number of rotatable bonds is 3. The molecule has 0 spiro atoms. The summed E-state index contributed by atoms with van der Waals surface area (Å²) in [7, 11) is -8.95. The number of hydrogen-bond donors (Lipinski definition) is 0. The zero-order chi connectivity index (χ0) is 12.4. The van der Waals surface area contributed by atoms with Crippen LogP contribution >= 0.6 is 10.4 Å². The van der Waals surface area contributed by atoms with Gasteiger partial charge in [-0.05, 0) is 13.8 Å². The standard InChI is InChI=1S/C6H13F5N2OS/c1-4-13(5-2)6(14-3)12-15(7,8,9,10)11/h4-5H2,1-3H3/b12-6-. The molecule has 15 heavy (non-hydrogen) atoms. The first-order valence-electron chi connectivity index (χ1n) is 4.06. The highest BCUT2D eigenvalue weighted by Gasteiger charge is 2.65. The van der Waals surface area contributed by atoms with Crippen molar-refractivity contribution in [2.45, 2.75) is 13.8 Å². The maximum atomic E-state index is 12.0. The maximum Gasteiger partial charge on any atom is 0.386 e. The maximum absolute atomic E-state index is 12.0. The molecule has 0 radical (unpaired) electrons. The summed E-state index contributed by atoms with van der Waals surface area (Å²) in [5.74, 6) is 0. The van der Waals surface area contributed by atoms with Gasteiger partial charge in [-0.15, -0.1) is 0 Å². The molecule has 0 N–H and O–H groups in total. The monoisotopic (exact) mass is 256 g/mol. The Morgan fingerprint density at radius 1 is 1.13 bits per heavy atom. The van der Waals surface area contributed by atoms with Crippen LogP contribution in [0.4, 0.5) is 19.4 Å². The van der Waals surface area contributed by atoms with Crippen molar-refractivity contribution in [3.05, 3.63) is 0 Å². The zero-order valence-corrected chi connectivity index (χ0v) is 9.33. The van der Waals surface area contributed by atoms with Crippen LogP contribution in [-0.4, -0.2) is 31.1 Å². The molecule has 0 aliphatic heterocycles. The third kappa shape index (κ3) is 6.37. The highest BCUT2D eigenvalue weighted by atomic mass is 32.5. The van der Waals surface area contributed by atoms with Gasteiger partial charge in [0.2, 0.25) is 0 Å². The van der Waals surface area contributed by atoms with Crippen molar-refractivity contribution in [1.29, 1.82) is 0 Å². The molecule has 0 atom stereocenters. The Morgan fingerprint density at radius 2 is 1.53 bits per heavy atom. The number of halogens is 5. The van der Waals surface area contributed by atoms with Gasteiger partial charge in [0.1, 0.15) is 0 Å². The minimum Gasteiger partial charge on any atom is -0.468 e. The van der Waals surface area contributed by atoms with E-state index in [0.717, 1.165) is 12.0 Å². The lowest BCUT2D eigenvalue weighted by atomic mass is 10.5. The molecule has 94 valence electrons. The number of nitrogens with zero attached hydrogens (tertiary/aromatic N) is 2. The number of amidine groups is 1. The van der Waals surface area contributed by atoms with Crippen LogP contribution in [0.3, 0.4) is 0 Å². The van der Waals surface area contributed by atoms with Gasteiger partial charge in [0.25, 0.3) is 0 Å². The first kappa shape index (κ1) is 14.3. The van der Waals surface area contributed by atoms with Gasteiger partial charge in [-0.25, -0.2) is 0 Å². The van der Waals surface area contributed by atoms with E-state index in [-0.39, 0.29) is 13.1 Å². The van der Waals surface area contributed by atoms with Gasteiger partial charge in [-0.1, -0.05) is 23.8 Å². The van der Waals surface area contributed by atoms with E-state index in [0.29, 0.717) is 0 Å². The molecule has 0 aliphatic carbocycles. The quantitative estimate of drug-likeness (QED) is 0.438. The van der Waals surface area contributed by atoms with Crippen LogP contribution in [0.25, 0.3) is 0 Å². The molecule has 0 rings (SSSR count). The fraction of sp³-hybridized carbons (Fsp3) is 0.833. The summed E-state index contributed by atoms with van der Waals surface area (Å²) in [5, 5.41) is 0. The van der Waals surface area contributed by atoms with E-state index in [4.69, 9.17) is 0 Å². The summed E-state index contributed by atoms with van der Waals surface area (Å²) in [6, 6.07) is -1.11. The van der Waals surface area contributed by atoms with Crippen LogP contribution in [0.1, 0.15) is 13.8 Å². The molecule has 0 saturated heterocycles. The molecule has 3 nitrogen and oxygen atoms in total. The lowest BCUT2D eigenvalue weighted by Gasteiger charge is -2.36. The van der Waals surface area contributed by atoms with Gasteiger partial charge in [0.05, 0.1) is 7.11 Å². The highest BCUT2D eigenvalue weighted by molar-refractivity contribution is 8.44. The van der Waals surface area contributed by atoms with Gasteiger partial charge in [-0.2, -0.15) is 0 Å². The average Bonchev–Trinajstić information content (AvgIpc) is 2.00. The topological polar surface area (TPSA) is 24.8 Å². The van der Waals surface area contributed by atoms with Gasteiger partial charge in [-0.3, -0.25) is 0 Å². The molecule has 9 heteroatoms. The molecule has 0 aliphatic rings. The van der Waals surface area contributed by atoms with E-state index in [2.05, 4.69) is 4.74 Å². The SMILES string of the molecule is CCN(CC)/C(=N/S(F)(F)(F)(F)F)OC. The van der Waals surface area contributed by atoms with E-state index in [1.165, 1.54) is 18.2 Å². The van der Waals surface area contributed by atoms with E-state index >= 15 is 0 Å². The molecule has 0 aromatic heterocycles. The Kier molecular flexibility index (Phi) is 3.23. The largest absolute Gasteiger partial charge is 0.468 e. The summed E-state index contributed by atoms with van der Waals surface area (Å²) in [6.45, 7) is 3.20. The van der Waals surface area contributed by atoms with Crippen molar-refractivity contribution in [3.8, 4) is 0 Å². The molecule has 0 amide bonds. The summed E-state index contributed by atoms with van der Waals surface area (Å²) in [4.78, 5) is 0.942. The van der Waals surface area contributed by atoms with Crippen LogP contribution in [0.2, 0.25) is 0 Å². The second kappa shape index (κ2) is 3.39. The summed E-state index contributed by atoms with van der Waals surface area (Å²) < 4.78 is 65.7. The number of hydrogen-bond acceptors (Lipinski definition) is 2. The van der Waals surface area contributed by atoms with Crippen LogP contribution in [0, 0.1) is 0 Å². The lowest BCUT2D eigenvalue weighted by molar-refractivity contribution is 0.289. The normalized spacial score (nSPS) is 18.0. The number of ether oxygens (including phenoxy) is 1. The van der Waals surface area contributed by atoms with Gasteiger partial charge >= 0.3 is 16.4 Å². The van der Waals surface area contributed by atoms with Gasteiger partial charge in [0, 0.05) is 13.1 Å². The summed E-state index contributed by atoms with van der Waals surface area (Å²) in [6.07, 6.45) is 0. The summed E-state index contributed by atoms with van der Waals surface area (Å²) in [5.41, 5.74) is 0. The smallest absolute Gasteiger partial charge is 0.386 e. The molecule has 0 aromatic carbocycles. The predicted octanol–water partition coefficient (Wildman–Crippen LogP) is 3.54.